The molecule has 1 saturated heterocycles. The van der Waals surface area contributed by atoms with E-state index >= 15 is 0 Å². The highest BCUT2D eigenvalue weighted by Gasteiger charge is 2.34. The number of nitrogens with one attached hydrogen (secondary N) is 3. The van der Waals surface area contributed by atoms with Crippen molar-refractivity contribution in [2.45, 2.75) is 44.7 Å². The second kappa shape index (κ2) is 14.4. The van der Waals surface area contributed by atoms with Crippen LogP contribution in [-0.2, 0) is 9.47 Å². The zero-order chi connectivity index (χ0) is 22.4. The molecular weight excluding hydrogens is 390 g/mol. The lowest BCUT2D eigenvalue weighted by Crippen LogP contribution is -2.53. The third-order valence-corrected chi connectivity index (χ3v) is 5.83. The van der Waals surface area contributed by atoms with Gasteiger partial charge in [0.1, 0.15) is 0 Å². The van der Waals surface area contributed by atoms with Gasteiger partial charge < -0.3 is 30.3 Å². The maximum atomic E-state index is 5.66. The molecule has 3 N–H and O–H groups in total. The quantitative estimate of drug-likeness (QED) is 0.252. The molecule has 1 atom stereocenters. The van der Waals surface area contributed by atoms with Crippen LogP contribution in [0.25, 0.3) is 0 Å². The Morgan fingerprint density at radius 1 is 1.19 bits per heavy atom. The van der Waals surface area contributed by atoms with Gasteiger partial charge in [-0.1, -0.05) is 30.3 Å². The highest BCUT2D eigenvalue weighted by atomic mass is 16.5. The summed E-state index contributed by atoms with van der Waals surface area (Å²) in [6.45, 7) is 11.1. The molecule has 7 nitrogen and oxygen atoms in total. The number of nitrogens with zero attached hydrogens (tertiary/aromatic N) is 2. The molecule has 2 rings (SSSR count). The van der Waals surface area contributed by atoms with Crippen molar-refractivity contribution in [1.82, 2.24) is 20.9 Å². The van der Waals surface area contributed by atoms with Crippen LogP contribution in [0.3, 0.4) is 0 Å². The predicted molar refractivity (Wildman–Crippen MR) is 129 cm³/mol. The smallest absolute Gasteiger partial charge is 0.191 e. The van der Waals surface area contributed by atoms with Crippen LogP contribution in [0, 0.1) is 0 Å². The Morgan fingerprint density at radius 3 is 2.61 bits per heavy atom. The maximum Gasteiger partial charge on any atom is 0.191 e. The van der Waals surface area contributed by atoms with E-state index in [9.17, 15) is 0 Å². The first-order chi connectivity index (χ1) is 15.1. The lowest BCUT2D eigenvalue weighted by atomic mass is 9.88. The predicted octanol–water partition coefficient (Wildman–Crippen LogP) is 2.41. The Hall–Kier alpha value is -1.67. The zero-order valence-corrected chi connectivity index (χ0v) is 20.0. The minimum atomic E-state index is -0.0488. The average Bonchev–Trinajstić information content (AvgIpc) is 2.79. The largest absolute Gasteiger partial charge is 0.385 e. The van der Waals surface area contributed by atoms with Crippen molar-refractivity contribution in [2.75, 3.05) is 66.7 Å². The molecule has 1 aromatic rings. The fraction of sp³-hybridized carbons (Fsp3) is 0.708. The van der Waals surface area contributed by atoms with Crippen molar-refractivity contribution in [2.24, 2.45) is 4.99 Å². The number of hydrogen-bond donors (Lipinski definition) is 3. The Labute approximate surface area is 189 Å². The molecule has 1 aliphatic rings. The molecule has 31 heavy (non-hydrogen) atoms. The van der Waals surface area contributed by atoms with Gasteiger partial charge in [-0.15, -0.1) is 0 Å². The van der Waals surface area contributed by atoms with Gasteiger partial charge in [0.2, 0.25) is 0 Å². The van der Waals surface area contributed by atoms with Crippen molar-refractivity contribution in [3.05, 3.63) is 35.9 Å². The molecular formula is C24H43N5O2. The third kappa shape index (κ3) is 9.56. The van der Waals surface area contributed by atoms with E-state index in [1.807, 2.05) is 0 Å². The molecule has 1 aromatic carbocycles. The highest BCUT2D eigenvalue weighted by molar-refractivity contribution is 5.79. The van der Waals surface area contributed by atoms with Crippen LogP contribution >= 0.6 is 0 Å². The fourth-order valence-electron chi connectivity index (χ4n) is 3.92. The Balaban J connectivity index is 1.93. The molecule has 1 fully saturated rings. The molecule has 176 valence electrons. The van der Waals surface area contributed by atoms with Crippen LogP contribution in [0.1, 0.15) is 44.7 Å². The summed E-state index contributed by atoms with van der Waals surface area (Å²) in [5.74, 6) is 0.882. The SMILES string of the molecule is CCNC(=NCC1(NC(C)c2ccccc2)CCOCC1)NCCN(C)CCCOC. The Bertz CT molecular complexity index is 620. The highest BCUT2D eigenvalue weighted by Crippen LogP contribution is 2.26. The van der Waals surface area contributed by atoms with E-state index in [1.165, 1.54) is 5.56 Å². The molecule has 0 amide bonds. The maximum absolute atomic E-state index is 5.66. The normalized spacial score (nSPS) is 17.5. The molecule has 0 saturated carbocycles. The second-order valence-corrected chi connectivity index (χ2v) is 8.44. The first-order valence-corrected chi connectivity index (χ1v) is 11.7. The monoisotopic (exact) mass is 433 g/mol. The van der Waals surface area contributed by atoms with Gasteiger partial charge in [-0.05, 0) is 45.7 Å². The van der Waals surface area contributed by atoms with E-state index < -0.39 is 0 Å². The van der Waals surface area contributed by atoms with Gasteiger partial charge in [0.05, 0.1) is 6.54 Å². The fourth-order valence-corrected chi connectivity index (χ4v) is 3.92. The summed E-state index contributed by atoms with van der Waals surface area (Å²) in [5.41, 5.74) is 1.26. The molecule has 7 heteroatoms. The number of benzene rings is 1. The summed E-state index contributed by atoms with van der Waals surface area (Å²) >= 11 is 0. The molecule has 1 heterocycles. The van der Waals surface area contributed by atoms with Gasteiger partial charge in [-0.25, -0.2) is 0 Å². The summed E-state index contributed by atoms with van der Waals surface area (Å²) in [7, 11) is 3.90. The van der Waals surface area contributed by atoms with E-state index in [1.54, 1.807) is 7.11 Å². The molecule has 0 spiro atoms. The Morgan fingerprint density at radius 2 is 1.94 bits per heavy atom. The zero-order valence-electron chi connectivity index (χ0n) is 20.0. The van der Waals surface area contributed by atoms with Crippen molar-refractivity contribution in [1.29, 1.82) is 0 Å². The summed E-state index contributed by atoms with van der Waals surface area (Å²) in [6.07, 6.45) is 2.99. The number of methoxy groups -OCH3 is 1. The summed E-state index contributed by atoms with van der Waals surface area (Å²) in [4.78, 5) is 7.28. The average molecular weight is 434 g/mol. The summed E-state index contributed by atoms with van der Waals surface area (Å²) in [6, 6.07) is 10.9. The molecule has 0 bridgehead atoms. The van der Waals surface area contributed by atoms with Crippen molar-refractivity contribution in [3.63, 3.8) is 0 Å². The molecule has 0 radical (unpaired) electrons. The Kier molecular flexibility index (Phi) is 11.9. The molecule has 0 aliphatic carbocycles. The van der Waals surface area contributed by atoms with Gasteiger partial charge in [0.25, 0.3) is 0 Å². The van der Waals surface area contributed by atoms with Crippen molar-refractivity contribution >= 4 is 5.96 Å². The third-order valence-electron chi connectivity index (χ3n) is 5.83. The number of ether oxygens (including phenoxy) is 2. The van der Waals surface area contributed by atoms with Crippen LogP contribution in [0.15, 0.2) is 35.3 Å². The van der Waals surface area contributed by atoms with E-state index in [-0.39, 0.29) is 11.6 Å². The first-order valence-electron chi connectivity index (χ1n) is 11.7. The number of likely N-dealkylation sites (N-methyl/N-ethyl adjacent to an activating group) is 1. The van der Waals surface area contributed by atoms with Gasteiger partial charge in [0.15, 0.2) is 5.96 Å². The van der Waals surface area contributed by atoms with Crippen molar-refractivity contribution in [3.8, 4) is 0 Å². The summed E-state index contributed by atoms with van der Waals surface area (Å²) < 4.78 is 10.8. The lowest BCUT2D eigenvalue weighted by molar-refractivity contribution is 0.0374. The first kappa shape index (κ1) is 25.6. The number of aliphatic imine (C=N–C) groups is 1. The number of guanidine groups is 1. The minimum absolute atomic E-state index is 0.0488. The van der Waals surface area contributed by atoms with E-state index in [4.69, 9.17) is 14.5 Å². The van der Waals surface area contributed by atoms with E-state index in [2.05, 4.69) is 72.1 Å². The van der Waals surface area contributed by atoms with E-state index in [0.29, 0.717) is 0 Å². The van der Waals surface area contributed by atoms with Gasteiger partial charge in [-0.2, -0.15) is 0 Å². The molecule has 0 aromatic heterocycles. The van der Waals surface area contributed by atoms with Crippen LogP contribution in [0.5, 0.6) is 0 Å². The van der Waals surface area contributed by atoms with Gasteiger partial charge in [-0.3, -0.25) is 4.99 Å². The second-order valence-electron chi connectivity index (χ2n) is 8.44. The topological polar surface area (TPSA) is 70.2 Å². The molecule has 1 unspecified atom stereocenters. The van der Waals surface area contributed by atoms with Gasteiger partial charge >= 0.3 is 0 Å². The lowest BCUT2D eigenvalue weighted by Gasteiger charge is -2.39. The van der Waals surface area contributed by atoms with Crippen molar-refractivity contribution < 1.29 is 9.47 Å². The van der Waals surface area contributed by atoms with Crippen LogP contribution in [0.2, 0.25) is 0 Å². The molecule has 1 aliphatic heterocycles. The van der Waals surface area contributed by atoms with Crippen LogP contribution in [-0.4, -0.2) is 83.1 Å². The minimum Gasteiger partial charge on any atom is -0.385 e. The standard InChI is InChI=1S/C24H43N5O2/c1-5-25-23(26-14-16-29(3)15-9-17-30-4)27-20-24(12-18-31-19-13-24)28-21(2)22-10-7-6-8-11-22/h6-8,10-11,21,28H,5,9,12-20H2,1-4H3,(H2,25,26,27). The number of hydrogen-bond acceptors (Lipinski definition) is 5. The van der Waals surface area contributed by atoms with Crippen LogP contribution in [0.4, 0.5) is 0 Å². The van der Waals surface area contributed by atoms with Gasteiger partial charge in [0, 0.05) is 64.7 Å². The van der Waals surface area contributed by atoms with Crippen LogP contribution < -0.4 is 16.0 Å². The number of rotatable bonds is 13. The summed E-state index contributed by atoms with van der Waals surface area (Å²) in [5, 5.41) is 10.8. The van der Waals surface area contributed by atoms with E-state index in [0.717, 1.165) is 77.8 Å².